The molecular weight excluding hydrogens is 156 g/mol. The van der Waals surface area contributed by atoms with Crippen molar-refractivity contribution in [3.05, 3.63) is 0 Å². The van der Waals surface area contributed by atoms with Crippen molar-refractivity contribution in [3.63, 3.8) is 0 Å². The Balaban J connectivity index is 3.23. The number of unbranched alkanes of at least 4 members (excludes halogenated alkanes) is 1. The van der Waals surface area contributed by atoms with Crippen LogP contribution in [-0.2, 0) is 4.79 Å². The Morgan fingerprint density at radius 3 is 2.67 bits per heavy atom. The molecule has 5 N–H and O–H groups in total. The number of carbonyl (C=O) groups is 1. The topological polar surface area (TPSA) is 84.4 Å². The van der Waals surface area contributed by atoms with E-state index in [0.29, 0.717) is 0 Å². The van der Waals surface area contributed by atoms with Crippen molar-refractivity contribution in [2.24, 2.45) is 11.7 Å². The van der Waals surface area contributed by atoms with Gasteiger partial charge in [0.1, 0.15) is 6.29 Å². The van der Waals surface area contributed by atoms with Gasteiger partial charge in [0.2, 0.25) is 0 Å². The van der Waals surface area contributed by atoms with Crippen LogP contribution in [0.2, 0.25) is 0 Å². The van der Waals surface area contributed by atoms with Gasteiger partial charge in [0.25, 0.3) is 0 Å². The van der Waals surface area contributed by atoms with Gasteiger partial charge in [0.05, 0.1) is 6.04 Å². The predicted molar refractivity (Wildman–Crippen MR) is 47.8 cm³/mol. The fourth-order valence-corrected chi connectivity index (χ4v) is 0.916. The van der Waals surface area contributed by atoms with Gasteiger partial charge < -0.3 is 4.79 Å². The van der Waals surface area contributed by atoms with E-state index in [1.165, 1.54) is 0 Å². The molecule has 0 rings (SSSR count). The number of hydrazine groups is 2. The Morgan fingerprint density at radius 2 is 2.25 bits per heavy atom. The standard InChI is InChI=1S/C7H18N4O/c1-11(9)5-3-2-4-7(6-12)10-8/h6-7,10H,2-5,8-9H2,1H3. The quantitative estimate of drug-likeness (QED) is 0.199. The molecule has 0 spiro atoms. The van der Waals surface area contributed by atoms with E-state index < -0.39 is 0 Å². The van der Waals surface area contributed by atoms with Crippen molar-refractivity contribution in [2.45, 2.75) is 25.3 Å². The summed E-state index contributed by atoms with van der Waals surface area (Å²) < 4.78 is 0. The fourth-order valence-electron chi connectivity index (χ4n) is 0.916. The molecule has 0 amide bonds. The minimum absolute atomic E-state index is 0.215. The number of hydrogen-bond acceptors (Lipinski definition) is 5. The third kappa shape index (κ3) is 6.23. The highest BCUT2D eigenvalue weighted by Gasteiger charge is 2.02. The molecule has 0 radical (unpaired) electrons. The van der Waals surface area contributed by atoms with Crippen LogP contribution in [0.4, 0.5) is 0 Å². The van der Waals surface area contributed by atoms with Crippen molar-refractivity contribution in [1.82, 2.24) is 10.4 Å². The van der Waals surface area contributed by atoms with E-state index in [9.17, 15) is 4.79 Å². The lowest BCUT2D eigenvalue weighted by Crippen LogP contribution is -2.36. The summed E-state index contributed by atoms with van der Waals surface area (Å²) in [6, 6.07) is -0.215. The van der Waals surface area contributed by atoms with Crippen molar-refractivity contribution in [3.8, 4) is 0 Å². The van der Waals surface area contributed by atoms with Crippen molar-refractivity contribution in [2.75, 3.05) is 13.6 Å². The average Bonchev–Trinajstić information content (AvgIpc) is 2.04. The van der Waals surface area contributed by atoms with Gasteiger partial charge in [-0.3, -0.25) is 22.1 Å². The van der Waals surface area contributed by atoms with Crippen molar-refractivity contribution >= 4 is 6.29 Å². The number of hydrogen-bond donors (Lipinski definition) is 3. The number of nitrogens with zero attached hydrogens (tertiary/aromatic N) is 1. The average molecular weight is 174 g/mol. The van der Waals surface area contributed by atoms with E-state index in [2.05, 4.69) is 5.43 Å². The van der Waals surface area contributed by atoms with Crippen LogP contribution in [0.1, 0.15) is 19.3 Å². The normalized spacial score (nSPS) is 13.3. The molecule has 1 atom stereocenters. The van der Waals surface area contributed by atoms with Crippen LogP contribution in [0.15, 0.2) is 0 Å². The van der Waals surface area contributed by atoms with Gasteiger partial charge in [-0.2, -0.15) is 0 Å². The summed E-state index contributed by atoms with van der Waals surface area (Å²) in [6.07, 6.45) is 3.54. The van der Waals surface area contributed by atoms with E-state index in [1.54, 1.807) is 5.01 Å². The molecule has 0 bridgehead atoms. The minimum atomic E-state index is -0.215. The number of nitrogens with two attached hydrogens (primary N) is 2. The molecule has 0 aliphatic rings. The second kappa shape index (κ2) is 7.17. The lowest BCUT2D eigenvalue weighted by molar-refractivity contribution is -0.109. The van der Waals surface area contributed by atoms with Crippen LogP contribution in [0.25, 0.3) is 0 Å². The predicted octanol–water partition coefficient (Wildman–Crippen LogP) is -1.01. The van der Waals surface area contributed by atoms with Gasteiger partial charge in [-0.15, -0.1) is 0 Å². The third-order valence-electron chi connectivity index (χ3n) is 1.65. The first-order chi connectivity index (χ1) is 5.70. The first-order valence-electron chi connectivity index (χ1n) is 4.08. The van der Waals surface area contributed by atoms with Crippen molar-refractivity contribution in [1.29, 1.82) is 0 Å². The van der Waals surface area contributed by atoms with Crippen LogP contribution in [0, 0.1) is 0 Å². The summed E-state index contributed by atoms with van der Waals surface area (Å²) in [7, 11) is 1.82. The molecule has 0 fully saturated rings. The molecule has 0 aliphatic carbocycles. The summed E-state index contributed by atoms with van der Waals surface area (Å²) in [5.74, 6) is 10.5. The molecule has 0 aromatic carbocycles. The van der Waals surface area contributed by atoms with Gasteiger partial charge in [-0.25, -0.2) is 0 Å². The van der Waals surface area contributed by atoms with Crippen LogP contribution in [0.3, 0.4) is 0 Å². The summed E-state index contributed by atoms with van der Waals surface area (Å²) in [6.45, 7) is 0.843. The SMILES string of the molecule is CN(N)CCCCC(C=O)NN. The number of rotatable bonds is 7. The smallest absolute Gasteiger partial charge is 0.138 e. The molecule has 0 heterocycles. The molecule has 0 aromatic rings. The molecule has 0 aromatic heterocycles. The Labute approximate surface area is 73.0 Å². The van der Waals surface area contributed by atoms with Gasteiger partial charge in [-0.1, -0.05) is 6.42 Å². The maximum Gasteiger partial charge on any atom is 0.138 e. The zero-order chi connectivity index (χ0) is 9.40. The lowest BCUT2D eigenvalue weighted by atomic mass is 10.1. The molecular formula is C7H18N4O. The Morgan fingerprint density at radius 1 is 1.58 bits per heavy atom. The first kappa shape index (κ1) is 11.5. The highest BCUT2D eigenvalue weighted by atomic mass is 16.1. The Hall–Kier alpha value is -0.490. The molecule has 0 saturated carbocycles. The first-order valence-corrected chi connectivity index (χ1v) is 4.08. The summed E-state index contributed by atoms with van der Waals surface area (Å²) in [4.78, 5) is 10.3. The fraction of sp³-hybridized carbons (Fsp3) is 0.857. The lowest BCUT2D eigenvalue weighted by Gasteiger charge is -2.10. The Kier molecular flexibility index (Phi) is 6.88. The van der Waals surface area contributed by atoms with Gasteiger partial charge in [0, 0.05) is 13.6 Å². The summed E-state index contributed by atoms with van der Waals surface area (Å²) in [5.41, 5.74) is 2.43. The van der Waals surface area contributed by atoms with E-state index in [1.807, 2.05) is 7.05 Å². The molecule has 0 saturated heterocycles. The number of nitrogens with one attached hydrogen (secondary N) is 1. The van der Waals surface area contributed by atoms with Gasteiger partial charge >= 0.3 is 0 Å². The minimum Gasteiger partial charge on any atom is -0.302 e. The van der Waals surface area contributed by atoms with Gasteiger partial charge in [0.15, 0.2) is 0 Å². The zero-order valence-corrected chi connectivity index (χ0v) is 7.49. The monoisotopic (exact) mass is 174 g/mol. The van der Waals surface area contributed by atoms with Crippen LogP contribution in [0.5, 0.6) is 0 Å². The van der Waals surface area contributed by atoms with E-state index in [0.717, 1.165) is 32.1 Å². The second-order valence-corrected chi connectivity index (χ2v) is 2.89. The van der Waals surface area contributed by atoms with E-state index >= 15 is 0 Å². The highest BCUT2D eigenvalue weighted by Crippen LogP contribution is 1.98. The van der Waals surface area contributed by atoms with Crippen molar-refractivity contribution < 1.29 is 4.79 Å². The molecule has 5 heteroatoms. The largest absolute Gasteiger partial charge is 0.302 e. The molecule has 12 heavy (non-hydrogen) atoms. The maximum atomic E-state index is 10.3. The molecule has 72 valence electrons. The summed E-state index contributed by atoms with van der Waals surface area (Å²) >= 11 is 0. The van der Waals surface area contributed by atoms with Crippen LogP contribution < -0.4 is 17.1 Å². The summed E-state index contributed by atoms with van der Waals surface area (Å²) in [5, 5.41) is 1.63. The Bertz CT molecular complexity index is 118. The molecule has 1 unspecified atom stereocenters. The highest BCUT2D eigenvalue weighted by molar-refractivity contribution is 5.57. The second-order valence-electron chi connectivity index (χ2n) is 2.89. The molecule has 0 aliphatic heterocycles. The van der Waals surface area contributed by atoms with E-state index in [4.69, 9.17) is 11.7 Å². The zero-order valence-electron chi connectivity index (χ0n) is 7.49. The van der Waals surface area contributed by atoms with Crippen LogP contribution >= 0.6 is 0 Å². The number of aldehydes is 1. The number of carbonyl (C=O) groups excluding carboxylic acids is 1. The van der Waals surface area contributed by atoms with Gasteiger partial charge in [-0.05, 0) is 12.8 Å². The maximum absolute atomic E-state index is 10.3. The third-order valence-corrected chi connectivity index (χ3v) is 1.65. The molecule has 5 nitrogen and oxygen atoms in total. The van der Waals surface area contributed by atoms with Crippen LogP contribution in [-0.4, -0.2) is 30.9 Å². The van der Waals surface area contributed by atoms with E-state index in [-0.39, 0.29) is 6.04 Å².